The fourth-order valence-electron chi connectivity index (χ4n) is 0.936. The van der Waals surface area contributed by atoms with Crippen molar-refractivity contribution in [1.29, 1.82) is 0 Å². The van der Waals surface area contributed by atoms with Crippen LogP contribution in [0.2, 0.25) is 0 Å². The Morgan fingerprint density at radius 2 is 1.67 bits per heavy atom. The molecule has 0 fully saturated rings. The highest BCUT2D eigenvalue weighted by Crippen LogP contribution is 2.08. The van der Waals surface area contributed by atoms with Gasteiger partial charge in [0, 0.05) is 5.57 Å². The summed E-state index contributed by atoms with van der Waals surface area (Å²) in [6, 6.07) is 0. The Labute approximate surface area is 113 Å². The Hall–Kier alpha value is -1.57. The molecule has 0 aliphatic heterocycles. The van der Waals surface area contributed by atoms with Crippen molar-refractivity contribution in [1.82, 2.24) is 0 Å². The Bertz CT molecular complexity index is 283. The molecular formula is C16H29NO. The van der Waals surface area contributed by atoms with Gasteiger partial charge in [-0.2, -0.15) is 4.74 Å². The smallest absolute Gasteiger partial charge is 0.183 e. The Kier molecular flexibility index (Phi) is 25.1. The molecule has 0 bridgehead atoms. The van der Waals surface area contributed by atoms with Gasteiger partial charge in [0.05, 0.1) is 0 Å². The van der Waals surface area contributed by atoms with Crippen LogP contribution in [0.4, 0.5) is 0 Å². The molecule has 0 aromatic heterocycles. The summed E-state index contributed by atoms with van der Waals surface area (Å²) >= 11 is 0. The van der Waals surface area contributed by atoms with Crippen LogP contribution in [0.25, 0.3) is 0 Å². The highest BCUT2D eigenvalue weighted by atomic mass is 16.5. The van der Waals surface area contributed by atoms with E-state index in [0.717, 1.165) is 16.7 Å². The van der Waals surface area contributed by atoms with Crippen molar-refractivity contribution in [2.45, 2.75) is 48.0 Å². The van der Waals surface area contributed by atoms with E-state index in [1.54, 1.807) is 6.20 Å². The predicted octanol–water partition coefficient (Wildman–Crippen LogP) is 5.23. The van der Waals surface area contributed by atoms with Crippen molar-refractivity contribution in [3.63, 3.8) is 0 Å². The van der Waals surface area contributed by atoms with Crippen LogP contribution in [-0.4, -0.2) is 11.0 Å². The maximum Gasteiger partial charge on any atom is 0.183 e. The van der Waals surface area contributed by atoms with E-state index in [2.05, 4.69) is 6.58 Å². The number of hydrogen-bond donors (Lipinski definition) is 0. The second-order valence-corrected chi connectivity index (χ2v) is 2.44. The molecule has 0 heterocycles. The highest BCUT2D eigenvalue weighted by molar-refractivity contribution is 5.65. The van der Waals surface area contributed by atoms with Gasteiger partial charge < -0.3 is 5.21 Å². The fraction of sp³-hybridized carbons (Fsp3) is 0.438. The van der Waals surface area contributed by atoms with E-state index in [4.69, 9.17) is 0 Å². The molecule has 0 atom stereocenters. The number of allylic oxidation sites excluding steroid dienone is 6. The molecule has 2 heteroatoms. The van der Waals surface area contributed by atoms with E-state index in [0.29, 0.717) is 0 Å². The topological polar surface area (TPSA) is 26.1 Å². The zero-order chi connectivity index (χ0) is 14.8. The monoisotopic (exact) mass is 251 g/mol. The van der Waals surface area contributed by atoms with Crippen LogP contribution >= 0.6 is 0 Å². The summed E-state index contributed by atoms with van der Waals surface area (Å²) < 4.78 is 0.756. The average molecular weight is 251 g/mol. The van der Waals surface area contributed by atoms with Crippen LogP contribution in [0.1, 0.15) is 48.0 Å². The third-order valence-electron chi connectivity index (χ3n) is 1.46. The Balaban J connectivity index is -0.000000328. The number of hydroxylamine groups is 1. The van der Waals surface area contributed by atoms with Crippen LogP contribution in [0, 0.1) is 5.21 Å². The van der Waals surface area contributed by atoms with Gasteiger partial charge in [-0.1, -0.05) is 72.4 Å². The SMILES string of the molecule is C=C/C=[N+]([O-])\C=C1\C=CC=CC1.CC.CC.CC. The summed E-state index contributed by atoms with van der Waals surface area (Å²) in [5, 5.41) is 11.0. The third kappa shape index (κ3) is 14.4. The van der Waals surface area contributed by atoms with Crippen molar-refractivity contribution < 1.29 is 4.74 Å². The fourth-order valence-corrected chi connectivity index (χ4v) is 0.936. The van der Waals surface area contributed by atoms with Crippen LogP contribution < -0.4 is 0 Å². The Morgan fingerprint density at radius 1 is 1.11 bits per heavy atom. The van der Waals surface area contributed by atoms with Gasteiger partial charge in [-0.3, -0.25) is 0 Å². The maximum absolute atomic E-state index is 11.0. The van der Waals surface area contributed by atoms with Crippen molar-refractivity contribution >= 4 is 6.21 Å². The standard InChI is InChI=1S/C10H11NO.3C2H6/c1-2-8-11(12)9-10-6-4-3-5-7-10;3*1-2/h2-6,8-9H,1,7H2;3*1-2H3/b10-9-,11-8+;;;. The maximum atomic E-state index is 11.0. The lowest BCUT2D eigenvalue weighted by molar-refractivity contribution is -0.372. The molecular weight excluding hydrogens is 222 g/mol. The first-order valence-electron chi connectivity index (χ1n) is 6.78. The van der Waals surface area contributed by atoms with Gasteiger partial charge in [-0.15, -0.1) is 0 Å². The van der Waals surface area contributed by atoms with Crippen LogP contribution in [0.3, 0.4) is 0 Å². The van der Waals surface area contributed by atoms with Gasteiger partial charge in [0.2, 0.25) is 0 Å². The largest absolute Gasteiger partial charge is 0.619 e. The minimum Gasteiger partial charge on any atom is -0.619 e. The zero-order valence-corrected chi connectivity index (χ0v) is 12.8. The van der Waals surface area contributed by atoms with E-state index in [1.165, 1.54) is 12.3 Å². The summed E-state index contributed by atoms with van der Waals surface area (Å²) in [5.41, 5.74) is 1.01. The van der Waals surface area contributed by atoms with Gasteiger partial charge >= 0.3 is 0 Å². The van der Waals surface area contributed by atoms with Crippen LogP contribution in [0.15, 0.2) is 48.7 Å². The summed E-state index contributed by atoms with van der Waals surface area (Å²) in [7, 11) is 0. The van der Waals surface area contributed by atoms with Crippen LogP contribution in [0.5, 0.6) is 0 Å². The van der Waals surface area contributed by atoms with Crippen molar-refractivity contribution in [3.05, 3.63) is 53.9 Å². The first-order chi connectivity index (χ1) is 8.83. The van der Waals surface area contributed by atoms with E-state index in [9.17, 15) is 5.21 Å². The van der Waals surface area contributed by atoms with Crippen molar-refractivity contribution in [2.24, 2.45) is 0 Å². The van der Waals surface area contributed by atoms with Gasteiger partial charge in [-0.05, 0) is 12.5 Å². The van der Waals surface area contributed by atoms with E-state index in [1.807, 2.05) is 65.8 Å². The summed E-state index contributed by atoms with van der Waals surface area (Å²) in [6.07, 6.45) is 13.0. The molecule has 1 aliphatic carbocycles. The third-order valence-corrected chi connectivity index (χ3v) is 1.46. The van der Waals surface area contributed by atoms with E-state index < -0.39 is 0 Å². The van der Waals surface area contributed by atoms with Crippen LogP contribution in [-0.2, 0) is 0 Å². The lowest BCUT2D eigenvalue weighted by Crippen LogP contribution is -1.95. The molecule has 0 N–H and O–H groups in total. The summed E-state index contributed by atoms with van der Waals surface area (Å²) in [6.45, 7) is 15.4. The second-order valence-electron chi connectivity index (χ2n) is 2.44. The molecule has 104 valence electrons. The predicted molar refractivity (Wildman–Crippen MR) is 84.9 cm³/mol. The first-order valence-corrected chi connectivity index (χ1v) is 6.78. The molecule has 18 heavy (non-hydrogen) atoms. The zero-order valence-electron chi connectivity index (χ0n) is 12.8. The van der Waals surface area contributed by atoms with Gasteiger partial charge in [0.25, 0.3) is 0 Å². The summed E-state index contributed by atoms with van der Waals surface area (Å²) in [4.78, 5) is 0. The first kappa shape index (κ1) is 21.7. The molecule has 0 aromatic carbocycles. The van der Waals surface area contributed by atoms with Gasteiger partial charge in [-0.25, -0.2) is 0 Å². The van der Waals surface area contributed by atoms with Crippen molar-refractivity contribution in [3.8, 4) is 0 Å². The number of hydrogen-bond acceptors (Lipinski definition) is 1. The Morgan fingerprint density at radius 3 is 2.06 bits per heavy atom. The van der Waals surface area contributed by atoms with E-state index in [-0.39, 0.29) is 0 Å². The van der Waals surface area contributed by atoms with Crippen molar-refractivity contribution in [2.75, 3.05) is 0 Å². The molecule has 0 spiro atoms. The second kappa shape index (κ2) is 20.8. The minimum atomic E-state index is 0.756. The number of rotatable bonds is 2. The number of nitrogens with zero attached hydrogens (tertiary/aromatic N) is 1. The molecule has 1 aliphatic rings. The minimum absolute atomic E-state index is 0.756. The normalized spacial score (nSPS) is 14.3. The molecule has 1 rings (SSSR count). The van der Waals surface area contributed by atoms with Gasteiger partial charge in [0.1, 0.15) is 0 Å². The molecule has 0 aromatic rings. The molecule has 0 saturated carbocycles. The molecule has 0 radical (unpaired) electrons. The quantitative estimate of drug-likeness (QED) is 0.285. The molecule has 0 amide bonds. The average Bonchev–Trinajstić information content (AvgIpc) is 2.47. The van der Waals surface area contributed by atoms with E-state index >= 15 is 0 Å². The summed E-state index contributed by atoms with van der Waals surface area (Å²) in [5.74, 6) is 0. The lowest BCUT2D eigenvalue weighted by Gasteiger charge is -2.00. The highest BCUT2D eigenvalue weighted by Gasteiger charge is 1.95. The van der Waals surface area contributed by atoms with Gasteiger partial charge in [0.15, 0.2) is 12.4 Å². The lowest BCUT2D eigenvalue weighted by atomic mass is 10.1. The molecule has 0 saturated heterocycles. The molecule has 0 unspecified atom stereocenters. The molecule has 2 nitrogen and oxygen atoms in total.